The highest BCUT2D eigenvalue weighted by Crippen LogP contribution is 2.21. The van der Waals surface area contributed by atoms with Crippen molar-refractivity contribution < 1.29 is 24.2 Å². The molecule has 1 aromatic carbocycles. The van der Waals surface area contributed by atoms with Crippen LogP contribution >= 0.6 is 0 Å². The van der Waals surface area contributed by atoms with Crippen LogP contribution in [0.4, 0.5) is 4.39 Å². The summed E-state index contributed by atoms with van der Waals surface area (Å²) in [5, 5.41) is 17.2. The summed E-state index contributed by atoms with van der Waals surface area (Å²) in [4.78, 5) is 21.2. The van der Waals surface area contributed by atoms with Gasteiger partial charge in [0.25, 0.3) is 0 Å². The quantitative estimate of drug-likeness (QED) is 0.761. The van der Waals surface area contributed by atoms with Crippen LogP contribution in [0.15, 0.2) is 24.3 Å². The Morgan fingerprint density at radius 1 is 1.25 bits per heavy atom. The Hall–Kier alpha value is -1.91. The minimum Gasteiger partial charge on any atom is -0.478 e. The van der Waals surface area contributed by atoms with Gasteiger partial charge in [0.1, 0.15) is 0 Å². The van der Waals surface area contributed by atoms with Crippen molar-refractivity contribution in [3.8, 4) is 0 Å². The lowest BCUT2D eigenvalue weighted by Crippen LogP contribution is -2.44. The predicted molar refractivity (Wildman–Crippen MR) is 54.0 cm³/mol. The molecule has 0 atom stereocenters. The van der Waals surface area contributed by atoms with Crippen molar-refractivity contribution in [3.05, 3.63) is 35.4 Å². The van der Waals surface area contributed by atoms with Crippen molar-refractivity contribution in [2.75, 3.05) is 0 Å². The van der Waals surface area contributed by atoms with Gasteiger partial charge in [-0.2, -0.15) is 0 Å². The molecule has 16 heavy (non-hydrogen) atoms. The van der Waals surface area contributed by atoms with Gasteiger partial charge in [0.15, 0.2) is 0 Å². The van der Waals surface area contributed by atoms with Crippen LogP contribution in [0.1, 0.15) is 11.1 Å². The van der Waals surface area contributed by atoms with Gasteiger partial charge in [-0.25, -0.2) is 14.0 Å². The van der Waals surface area contributed by atoms with E-state index in [1.54, 1.807) is 25.1 Å². The molecule has 0 heterocycles. The summed E-state index contributed by atoms with van der Waals surface area (Å²) in [6.45, 7) is 1.67. The molecule has 0 aliphatic rings. The summed E-state index contributed by atoms with van der Waals surface area (Å²) >= 11 is 0. The molecule has 1 rings (SSSR count). The van der Waals surface area contributed by atoms with Crippen LogP contribution in [0.3, 0.4) is 0 Å². The Kier molecular flexibility index (Phi) is 3.27. The molecule has 0 aliphatic heterocycles. The first-order chi connectivity index (χ1) is 7.38. The molecule has 1 aromatic rings. The minimum atomic E-state index is -3.27. The third kappa shape index (κ3) is 2.18. The van der Waals surface area contributed by atoms with Crippen LogP contribution in [0, 0.1) is 6.92 Å². The fraction of sp³-hybridized carbons (Fsp3) is 0.273. The molecule has 0 fully saturated rings. The number of alkyl halides is 1. The van der Waals surface area contributed by atoms with Crippen molar-refractivity contribution in [3.63, 3.8) is 0 Å². The van der Waals surface area contributed by atoms with Crippen LogP contribution in [0.5, 0.6) is 0 Å². The summed E-state index contributed by atoms with van der Waals surface area (Å²) in [6.07, 6.45) is -0.676. The van der Waals surface area contributed by atoms with Crippen LogP contribution in [0.25, 0.3) is 0 Å². The Balaban J connectivity index is 3.07. The molecule has 2 N–H and O–H groups in total. The number of carboxylic acids is 2. The SMILES string of the molecule is Cc1ccccc1CC(F)(C(=O)O)C(=O)O. The molecule has 0 saturated carbocycles. The molecule has 0 aliphatic carbocycles. The van der Waals surface area contributed by atoms with Crippen molar-refractivity contribution in [1.29, 1.82) is 0 Å². The molecular formula is C11H11FO4. The Labute approximate surface area is 91.3 Å². The van der Waals surface area contributed by atoms with Crippen LogP contribution in [-0.4, -0.2) is 27.8 Å². The first-order valence-electron chi connectivity index (χ1n) is 4.58. The number of aliphatic carboxylic acids is 2. The van der Waals surface area contributed by atoms with Gasteiger partial charge in [-0.15, -0.1) is 0 Å². The van der Waals surface area contributed by atoms with E-state index in [9.17, 15) is 14.0 Å². The smallest absolute Gasteiger partial charge is 0.353 e. The van der Waals surface area contributed by atoms with Crippen LogP contribution in [0.2, 0.25) is 0 Å². The predicted octanol–water partition coefficient (Wildman–Crippen LogP) is 1.42. The van der Waals surface area contributed by atoms with E-state index >= 15 is 0 Å². The Morgan fingerprint density at radius 3 is 2.19 bits per heavy atom. The second-order valence-corrected chi connectivity index (χ2v) is 3.51. The fourth-order valence-corrected chi connectivity index (χ4v) is 1.31. The first-order valence-corrected chi connectivity index (χ1v) is 4.58. The number of halogens is 1. The monoisotopic (exact) mass is 226 g/mol. The average Bonchev–Trinajstić information content (AvgIpc) is 2.20. The second kappa shape index (κ2) is 4.30. The van der Waals surface area contributed by atoms with E-state index in [0.29, 0.717) is 11.1 Å². The fourth-order valence-electron chi connectivity index (χ4n) is 1.31. The number of aryl methyl sites for hydroxylation is 1. The van der Waals surface area contributed by atoms with Gasteiger partial charge in [-0.3, -0.25) is 0 Å². The number of hydrogen-bond donors (Lipinski definition) is 2. The minimum absolute atomic E-state index is 0.370. The van der Waals surface area contributed by atoms with Crippen molar-refractivity contribution in [1.82, 2.24) is 0 Å². The molecular weight excluding hydrogens is 215 g/mol. The summed E-state index contributed by atoms with van der Waals surface area (Å²) < 4.78 is 13.7. The van der Waals surface area contributed by atoms with Crippen molar-refractivity contribution >= 4 is 11.9 Å². The van der Waals surface area contributed by atoms with E-state index in [2.05, 4.69) is 0 Å². The normalized spacial score (nSPS) is 11.1. The lowest BCUT2D eigenvalue weighted by molar-refractivity contribution is -0.166. The number of carboxylic acid groups (broad SMARTS) is 2. The zero-order valence-electron chi connectivity index (χ0n) is 8.61. The molecule has 0 aromatic heterocycles. The molecule has 0 bridgehead atoms. The lowest BCUT2D eigenvalue weighted by Gasteiger charge is -2.16. The molecule has 4 nitrogen and oxygen atoms in total. The number of rotatable bonds is 4. The molecule has 86 valence electrons. The average molecular weight is 226 g/mol. The van der Waals surface area contributed by atoms with Gasteiger partial charge in [-0.1, -0.05) is 24.3 Å². The van der Waals surface area contributed by atoms with E-state index in [1.807, 2.05) is 0 Å². The van der Waals surface area contributed by atoms with E-state index in [1.165, 1.54) is 6.07 Å². The third-order valence-corrected chi connectivity index (χ3v) is 2.37. The van der Waals surface area contributed by atoms with Gasteiger partial charge in [-0.05, 0) is 18.1 Å². The zero-order chi connectivity index (χ0) is 12.3. The zero-order valence-corrected chi connectivity index (χ0v) is 8.61. The number of hydrogen-bond acceptors (Lipinski definition) is 2. The summed E-state index contributed by atoms with van der Waals surface area (Å²) in [5.41, 5.74) is -2.24. The molecule has 5 heteroatoms. The molecule has 0 amide bonds. The van der Waals surface area contributed by atoms with Crippen molar-refractivity contribution in [2.24, 2.45) is 0 Å². The second-order valence-electron chi connectivity index (χ2n) is 3.51. The van der Waals surface area contributed by atoms with Crippen LogP contribution < -0.4 is 0 Å². The van der Waals surface area contributed by atoms with Gasteiger partial charge >= 0.3 is 17.6 Å². The largest absolute Gasteiger partial charge is 0.478 e. The Bertz CT molecular complexity index is 414. The van der Waals surface area contributed by atoms with E-state index < -0.39 is 24.0 Å². The van der Waals surface area contributed by atoms with Gasteiger partial charge < -0.3 is 10.2 Å². The van der Waals surface area contributed by atoms with E-state index in [4.69, 9.17) is 10.2 Å². The molecule has 0 radical (unpaired) electrons. The highest BCUT2D eigenvalue weighted by atomic mass is 19.1. The summed E-state index contributed by atoms with van der Waals surface area (Å²) in [6, 6.07) is 6.49. The van der Waals surface area contributed by atoms with E-state index in [0.717, 1.165) is 0 Å². The highest BCUT2D eigenvalue weighted by molar-refractivity contribution is 6.02. The molecule has 0 unspecified atom stereocenters. The standard InChI is InChI=1S/C11H11FO4/c1-7-4-2-3-5-8(7)6-11(12,9(13)14)10(15)16/h2-5H,6H2,1H3,(H,13,14)(H,15,16). The van der Waals surface area contributed by atoms with Gasteiger partial charge in [0.05, 0.1) is 0 Å². The topological polar surface area (TPSA) is 74.6 Å². The summed E-state index contributed by atoms with van der Waals surface area (Å²) in [7, 11) is 0. The highest BCUT2D eigenvalue weighted by Gasteiger charge is 2.47. The Morgan fingerprint density at radius 2 is 1.75 bits per heavy atom. The third-order valence-electron chi connectivity index (χ3n) is 2.37. The maximum Gasteiger partial charge on any atom is 0.353 e. The maximum atomic E-state index is 13.7. The molecule has 0 saturated heterocycles. The van der Waals surface area contributed by atoms with Crippen molar-refractivity contribution in [2.45, 2.75) is 19.0 Å². The number of carbonyl (C=O) groups is 2. The van der Waals surface area contributed by atoms with E-state index in [-0.39, 0.29) is 0 Å². The lowest BCUT2D eigenvalue weighted by atomic mass is 9.94. The first kappa shape index (κ1) is 12.2. The maximum absolute atomic E-state index is 13.7. The molecule has 0 spiro atoms. The summed E-state index contributed by atoms with van der Waals surface area (Å²) in [5.74, 6) is -3.97. The van der Waals surface area contributed by atoms with Gasteiger partial charge in [0.2, 0.25) is 0 Å². The number of benzene rings is 1. The van der Waals surface area contributed by atoms with Gasteiger partial charge in [0, 0.05) is 6.42 Å². The van der Waals surface area contributed by atoms with Crippen LogP contribution in [-0.2, 0) is 16.0 Å².